The predicted octanol–water partition coefficient (Wildman–Crippen LogP) is 4.59. The first-order chi connectivity index (χ1) is 13.0. The molecule has 3 rings (SSSR count). The molecule has 2 aromatic carbocycles. The summed E-state index contributed by atoms with van der Waals surface area (Å²) in [6, 6.07) is 14.8. The van der Waals surface area contributed by atoms with Gasteiger partial charge in [0.25, 0.3) is 0 Å². The first-order valence-corrected chi connectivity index (χ1v) is 10.2. The summed E-state index contributed by atoms with van der Waals surface area (Å²) in [6.45, 7) is 2.03. The molecule has 0 aliphatic carbocycles. The fourth-order valence-electron chi connectivity index (χ4n) is 2.38. The Kier molecular flexibility index (Phi) is 6.57. The number of ether oxygens (including phenoxy) is 1. The van der Waals surface area contributed by atoms with E-state index < -0.39 is 0 Å². The Labute approximate surface area is 174 Å². The number of thiazole rings is 1. The van der Waals surface area contributed by atoms with Gasteiger partial charge in [0.1, 0.15) is 11.6 Å². The first-order valence-electron chi connectivity index (χ1n) is 8.23. The van der Waals surface area contributed by atoms with E-state index in [9.17, 15) is 9.59 Å². The van der Waals surface area contributed by atoms with E-state index in [0.29, 0.717) is 16.3 Å². The molecular weight excluding hydrogens is 475 g/mol. The maximum absolute atomic E-state index is 12.2. The number of rotatable bonds is 6. The van der Waals surface area contributed by atoms with E-state index >= 15 is 0 Å². The quantitative estimate of drug-likeness (QED) is 0.404. The highest BCUT2D eigenvalue weighted by Crippen LogP contribution is 2.16. The van der Waals surface area contributed by atoms with Crippen molar-refractivity contribution in [3.8, 4) is 0 Å². The average Bonchev–Trinajstić information content (AvgIpc) is 3.09. The zero-order valence-electron chi connectivity index (χ0n) is 14.6. The lowest BCUT2D eigenvalue weighted by molar-refractivity contribution is -0.115. The fraction of sp³-hybridized carbons (Fsp3) is 0.150. The van der Waals surface area contributed by atoms with Crippen LogP contribution in [0.2, 0.25) is 0 Å². The second-order valence-electron chi connectivity index (χ2n) is 5.86. The second kappa shape index (κ2) is 9.09. The number of hydrogen-bond donors (Lipinski definition) is 1. The molecule has 1 amide bonds. The third-order valence-corrected chi connectivity index (χ3v) is 5.31. The Morgan fingerprint density at radius 1 is 1.19 bits per heavy atom. The SMILES string of the molecule is Cc1ccccc1NC(=O)Cc1nc(COC(=O)c2cccc(I)c2)cs1. The molecule has 0 spiro atoms. The first kappa shape index (κ1) is 19.5. The lowest BCUT2D eigenvalue weighted by atomic mass is 10.2. The summed E-state index contributed by atoms with van der Waals surface area (Å²) in [5.41, 5.74) is 2.95. The largest absolute Gasteiger partial charge is 0.456 e. The molecule has 0 radical (unpaired) electrons. The van der Waals surface area contributed by atoms with Gasteiger partial charge in [0.05, 0.1) is 17.7 Å². The molecule has 1 aromatic heterocycles. The summed E-state index contributed by atoms with van der Waals surface area (Å²) in [7, 11) is 0. The van der Waals surface area contributed by atoms with Crippen LogP contribution >= 0.6 is 33.9 Å². The summed E-state index contributed by atoms with van der Waals surface area (Å²) < 4.78 is 6.27. The number of aromatic nitrogens is 1. The number of amides is 1. The van der Waals surface area contributed by atoms with E-state index in [1.165, 1.54) is 11.3 Å². The normalized spacial score (nSPS) is 10.4. The third kappa shape index (κ3) is 5.61. The number of nitrogens with zero attached hydrogens (tertiary/aromatic N) is 1. The molecule has 0 saturated carbocycles. The van der Waals surface area contributed by atoms with Crippen molar-refractivity contribution < 1.29 is 14.3 Å². The molecule has 1 heterocycles. The fourth-order valence-corrected chi connectivity index (χ4v) is 3.70. The number of para-hydroxylation sites is 1. The zero-order chi connectivity index (χ0) is 19.2. The van der Waals surface area contributed by atoms with Crippen molar-refractivity contribution in [2.75, 3.05) is 5.32 Å². The minimum atomic E-state index is -0.389. The van der Waals surface area contributed by atoms with E-state index in [1.807, 2.05) is 43.3 Å². The monoisotopic (exact) mass is 492 g/mol. The molecule has 3 aromatic rings. The van der Waals surface area contributed by atoms with Crippen LogP contribution in [-0.4, -0.2) is 16.9 Å². The van der Waals surface area contributed by atoms with Crippen molar-refractivity contribution in [1.29, 1.82) is 0 Å². The Bertz CT molecular complexity index is 971. The third-order valence-electron chi connectivity index (χ3n) is 3.74. The molecular formula is C20H17IN2O3S. The Balaban J connectivity index is 1.53. The summed E-state index contributed by atoms with van der Waals surface area (Å²) in [6.07, 6.45) is 0.184. The highest BCUT2D eigenvalue weighted by molar-refractivity contribution is 14.1. The standard InChI is InChI=1S/C20H17IN2O3S/c1-13-5-2-3-8-17(13)23-18(24)10-19-22-16(12-27-19)11-26-20(25)14-6-4-7-15(21)9-14/h2-9,12H,10-11H2,1H3,(H,23,24). The molecule has 27 heavy (non-hydrogen) atoms. The molecule has 1 N–H and O–H groups in total. The molecule has 0 fully saturated rings. The van der Waals surface area contributed by atoms with Crippen LogP contribution in [0.15, 0.2) is 53.9 Å². The minimum absolute atomic E-state index is 0.0836. The summed E-state index contributed by atoms with van der Waals surface area (Å²) in [5.74, 6) is -0.513. The molecule has 0 bridgehead atoms. The van der Waals surface area contributed by atoms with Gasteiger partial charge < -0.3 is 10.1 Å². The lowest BCUT2D eigenvalue weighted by Gasteiger charge is -2.06. The van der Waals surface area contributed by atoms with Crippen molar-refractivity contribution >= 4 is 51.5 Å². The smallest absolute Gasteiger partial charge is 0.338 e. The summed E-state index contributed by atoms with van der Waals surface area (Å²) in [4.78, 5) is 28.6. The molecule has 0 unspecified atom stereocenters. The Hall–Kier alpha value is -2.26. The van der Waals surface area contributed by atoms with E-state index in [0.717, 1.165) is 14.8 Å². The molecule has 0 aliphatic rings. The summed E-state index contributed by atoms with van der Waals surface area (Å²) >= 11 is 3.52. The average molecular weight is 492 g/mol. The van der Waals surface area contributed by atoms with Crippen LogP contribution in [0.5, 0.6) is 0 Å². The number of carbonyl (C=O) groups is 2. The summed E-state index contributed by atoms with van der Waals surface area (Å²) in [5, 5.41) is 5.37. The van der Waals surface area contributed by atoms with E-state index in [1.54, 1.807) is 17.5 Å². The Morgan fingerprint density at radius 3 is 2.78 bits per heavy atom. The highest BCUT2D eigenvalue weighted by atomic mass is 127. The van der Waals surface area contributed by atoms with Crippen LogP contribution in [0.25, 0.3) is 0 Å². The van der Waals surface area contributed by atoms with Gasteiger partial charge in [-0.1, -0.05) is 24.3 Å². The van der Waals surface area contributed by atoms with E-state index in [4.69, 9.17) is 4.74 Å². The number of esters is 1. The number of halogens is 1. The number of hydrogen-bond acceptors (Lipinski definition) is 5. The van der Waals surface area contributed by atoms with Crippen LogP contribution in [0.3, 0.4) is 0 Å². The topological polar surface area (TPSA) is 68.3 Å². The molecule has 7 heteroatoms. The number of benzene rings is 2. The minimum Gasteiger partial charge on any atom is -0.456 e. The van der Waals surface area contributed by atoms with Crippen molar-refractivity contribution in [3.05, 3.63) is 79.3 Å². The van der Waals surface area contributed by atoms with Crippen LogP contribution in [0, 0.1) is 10.5 Å². The molecule has 0 aliphatic heterocycles. The molecule has 138 valence electrons. The molecule has 0 saturated heterocycles. The zero-order valence-corrected chi connectivity index (χ0v) is 17.5. The van der Waals surface area contributed by atoms with Gasteiger partial charge in [-0.2, -0.15) is 0 Å². The number of nitrogens with one attached hydrogen (secondary N) is 1. The van der Waals surface area contributed by atoms with E-state index in [2.05, 4.69) is 32.9 Å². The van der Waals surface area contributed by atoms with Crippen LogP contribution in [0.1, 0.15) is 26.6 Å². The second-order valence-corrected chi connectivity index (χ2v) is 8.05. The van der Waals surface area contributed by atoms with Crippen molar-refractivity contribution in [2.24, 2.45) is 0 Å². The van der Waals surface area contributed by atoms with Gasteiger partial charge >= 0.3 is 5.97 Å². The molecule has 0 atom stereocenters. The maximum Gasteiger partial charge on any atom is 0.338 e. The number of carbonyl (C=O) groups excluding carboxylic acids is 2. The van der Waals surface area contributed by atoms with Gasteiger partial charge in [-0.3, -0.25) is 4.79 Å². The van der Waals surface area contributed by atoms with Crippen molar-refractivity contribution in [1.82, 2.24) is 4.98 Å². The van der Waals surface area contributed by atoms with Gasteiger partial charge in [0.15, 0.2) is 0 Å². The Morgan fingerprint density at radius 2 is 2.00 bits per heavy atom. The van der Waals surface area contributed by atoms with Gasteiger partial charge in [-0.05, 0) is 59.3 Å². The lowest BCUT2D eigenvalue weighted by Crippen LogP contribution is -2.15. The maximum atomic E-state index is 12.2. The van der Waals surface area contributed by atoms with Crippen LogP contribution in [0.4, 0.5) is 5.69 Å². The van der Waals surface area contributed by atoms with E-state index in [-0.39, 0.29) is 24.9 Å². The van der Waals surface area contributed by atoms with Gasteiger partial charge in [0.2, 0.25) is 5.91 Å². The van der Waals surface area contributed by atoms with Crippen molar-refractivity contribution in [3.63, 3.8) is 0 Å². The van der Waals surface area contributed by atoms with Gasteiger partial charge in [-0.15, -0.1) is 11.3 Å². The number of aryl methyl sites for hydroxylation is 1. The molecule has 5 nitrogen and oxygen atoms in total. The highest BCUT2D eigenvalue weighted by Gasteiger charge is 2.12. The van der Waals surface area contributed by atoms with Crippen LogP contribution < -0.4 is 5.32 Å². The number of anilines is 1. The predicted molar refractivity (Wildman–Crippen MR) is 114 cm³/mol. The van der Waals surface area contributed by atoms with Gasteiger partial charge in [-0.25, -0.2) is 9.78 Å². The van der Waals surface area contributed by atoms with Crippen molar-refractivity contribution in [2.45, 2.75) is 20.0 Å². The van der Waals surface area contributed by atoms with Crippen LogP contribution in [-0.2, 0) is 22.6 Å². The van der Waals surface area contributed by atoms with Gasteiger partial charge in [0, 0.05) is 14.6 Å².